The van der Waals surface area contributed by atoms with Gasteiger partial charge in [0.25, 0.3) is 0 Å². The molecular weight excluding hydrogens is 264 g/mol. The number of aliphatic hydroxyl groups is 1. The zero-order valence-corrected chi connectivity index (χ0v) is 11.0. The molecular formula is C12H18N4O4. The van der Waals surface area contributed by atoms with Crippen molar-refractivity contribution in [2.45, 2.75) is 12.5 Å². The van der Waals surface area contributed by atoms with Crippen LogP contribution in [0.1, 0.15) is 5.69 Å². The molecule has 1 aromatic rings. The number of carboxylic acid groups (broad SMARTS) is 1. The van der Waals surface area contributed by atoms with Gasteiger partial charge in [-0.2, -0.15) is 0 Å². The lowest BCUT2D eigenvalue weighted by Gasteiger charge is -2.23. The van der Waals surface area contributed by atoms with Crippen LogP contribution in [0.4, 0.5) is 4.79 Å². The first-order chi connectivity index (χ1) is 9.58. The first-order valence-corrected chi connectivity index (χ1v) is 6.05. The van der Waals surface area contributed by atoms with Crippen LogP contribution in [0.2, 0.25) is 0 Å². The molecule has 2 amide bonds. The van der Waals surface area contributed by atoms with Gasteiger partial charge >= 0.3 is 12.0 Å². The number of H-pyrrole nitrogens is 1. The highest BCUT2D eigenvalue weighted by Gasteiger charge is 2.23. The van der Waals surface area contributed by atoms with E-state index in [0.717, 1.165) is 0 Å². The maximum absolute atomic E-state index is 11.9. The number of hydrogen-bond donors (Lipinski definition) is 4. The quantitative estimate of drug-likeness (QED) is 0.484. The molecule has 8 heteroatoms. The van der Waals surface area contributed by atoms with Gasteiger partial charge in [-0.1, -0.05) is 6.08 Å². The highest BCUT2D eigenvalue weighted by Crippen LogP contribution is 2.00. The standard InChI is InChI=1S/C12H18N4O4/c1-2-3-16(4-5-17)12(20)15-10(11(18)19)6-9-7-13-8-14-9/h2,7-8,10,17H,1,3-6H2,(H,13,14)(H,15,20)(H,18,19)/t10-/m0/s1. The van der Waals surface area contributed by atoms with Crippen molar-refractivity contribution in [3.8, 4) is 0 Å². The van der Waals surface area contributed by atoms with E-state index in [4.69, 9.17) is 10.2 Å². The van der Waals surface area contributed by atoms with E-state index in [1.165, 1.54) is 23.5 Å². The Balaban J connectivity index is 2.66. The number of hydrogen-bond acceptors (Lipinski definition) is 4. The molecule has 0 unspecified atom stereocenters. The minimum absolute atomic E-state index is 0.0993. The Kier molecular flexibility index (Phi) is 6.24. The number of carbonyl (C=O) groups is 2. The second-order valence-electron chi connectivity index (χ2n) is 4.08. The number of rotatable bonds is 8. The molecule has 0 bridgehead atoms. The topological polar surface area (TPSA) is 119 Å². The fraction of sp³-hybridized carbons (Fsp3) is 0.417. The van der Waals surface area contributed by atoms with E-state index < -0.39 is 18.0 Å². The lowest BCUT2D eigenvalue weighted by Crippen LogP contribution is -2.49. The SMILES string of the molecule is C=CCN(CCO)C(=O)N[C@@H](Cc1cnc[nH]1)C(=O)O. The number of carboxylic acids is 1. The van der Waals surface area contributed by atoms with E-state index in [2.05, 4.69) is 21.9 Å². The largest absolute Gasteiger partial charge is 0.480 e. The first kappa shape index (κ1) is 15.7. The predicted octanol–water partition coefficient (Wildman–Crippen LogP) is -0.405. The molecule has 1 rings (SSSR count). The first-order valence-electron chi connectivity index (χ1n) is 6.05. The molecule has 20 heavy (non-hydrogen) atoms. The van der Waals surface area contributed by atoms with Gasteiger partial charge < -0.3 is 25.4 Å². The summed E-state index contributed by atoms with van der Waals surface area (Å²) in [6.45, 7) is 3.63. The number of aromatic nitrogens is 2. The van der Waals surface area contributed by atoms with Gasteiger partial charge in [0.15, 0.2) is 0 Å². The summed E-state index contributed by atoms with van der Waals surface area (Å²) in [4.78, 5) is 30.9. The minimum atomic E-state index is -1.14. The maximum atomic E-state index is 11.9. The Hall–Kier alpha value is -2.35. The smallest absolute Gasteiger partial charge is 0.326 e. The number of imidazole rings is 1. The van der Waals surface area contributed by atoms with E-state index in [-0.39, 0.29) is 26.1 Å². The molecule has 0 aromatic carbocycles. The van der Waals surface area contributed by atoms with Crippen molar-refractivity contribution in [3.63, 3.8) is 0 Å². The summed E-state index contributed by atoms with van der Waals surface area (Å²) < 4.78 is 0. The zero-order valence-electron chi connectivity index (χ0n) is 11.0. The Morgan fingerprint density at radius 2 is 2.35 bits per heavy atom. The van der Waals surface area contributed by atoms with Crippen LogP contribution in [0, 0.1) is 0 Å². The van der Waals surface area contributed by atoms with Crippen molar-refractivity contribution < 1.29 is 19.8 Å². The van der Waals surface area contributed by atoms with E-state index in [9.17, 15) is 9.59 Å². The normalized spacial score (nSPS) is 11.7. The van der Waals surface area contributed by atoms with E-state index in [0.29, 0.717) is 5.69 Å². The van der Waals surface area contributed by atoms with Crippen LogP contribution in [-0.2, 0) is 11.2 Å². The summed E-state index contributed by atoms with van der Waals surface area (Å²) in [5.74, 6) is -1.14. The monoisotopic (exact) mass is 282 g/mol. The van der Waals surface area contributed by atoms with Gasteiger partial charge in [0, 0.05) is 31.4 Å². The van der Waals surface area contributed by atoms with Crippen LogP contribution < -0.4 is 5.32 Å². The van der Waals surface area contributed by atoms with Gasteiger partial charge in [0.1, 0.15) is 6.04 Å². The molecule has 0 aliphatic heterocycles. The van der Waals surface area contributed by atoms with E-state index in [1.54, 1.807) is 0 Å². The molecule has 0 saturated heterocycles. The van der Waals surface area contributed by atoms with Crippen molar-refractivity contribution in [1.29, 1.82) is 0 Å². The van der Waals surface area contributed by atoms with Crippen molar-refractivity contribution in [2.24, 2.45) is 0 Å². The zero-order chi connectivity index (χ0) is 15.0. The highest BCUT2D eigenvalue weighted by atomic mass is 16.4. The Labute approximate surface area is 116 Å². The second kappa shape index (κ2) is 7.95. The van der Waals surface area contributed by atoms with Crippen LogP contribution >= 0.6 is 0 Å². The van der Waals surface area contributed by atoms with Gasteiger partial charge in [0.05, 0.1) is 12.9 Å². The lowest BCUT2D eigenvalue weighted by molar-refractivity contribution is -0.139. The summed E-state index contributed by atoms with van der Waals surface area (Å²) in [5, 5.41) is 20.4. The van der Waals surface area contributed by atoms with Crippen LogP contribution in [0.25, 0.3) is 0 Å². The maximum Gasteiger partial charge on any atom is 0.326 e. The van der Waals surface area contributed by atoms with Gasteiger partial charge in [-0.25, -0.2) is 14.6 Å². The van der Waals surface area contributed by atoms with Crippen molar-refractivity contribution in [1.82, 2.24) is 20.2 Å². The van der Waals surface area contributed by atoms with Crippen molar-refractivity contribution in [2.75, 3.05) is 19.7 Å². The van der Waals surface area contributed by atoms with E-state index in [1.807, 2.05) is 0 Å². The minimum Gasteiger partial charge on any atom is -0.480 e. The van der Waals surface area contributed by atoms with Crippen LogP contribution in [0.3, 0.4) is 0 Å². The molecule has 0 aliphatic carbocycles. The number of nitrogens with zero attached hydrogens (tertiary/aromatic N) is 2. The summed E-state index contributed by atoms with van der Waals surface area (Å²) in [5.41, 5.74) is 0.607. The molecule has 110 valence electrons. The molecule has 8 nitrogen and oxygen atoms in total. The molecule has 4 N–H and O–H groups in total. The molecule has 0 aliphatic rings. The average molecular weight is 282 g/mol. The van der Waals surface area contributed by atoms with Gasteiger partial charge in [-0.15, -0.1) is 6.58 Å². The fourth-order valence-corrected chi connectivity index (χ4v) is 1.61. The summed E-state index contributed by atoms with van der Waals surface area (Å²) in [6, 6.07) is -1.64. The van der Waals surface area contributed by atoms with Gasteiger partial charge in [-0.05, 0) is 0 Å². The van der Waals surface area contributed by atoms with Gasteiger partial charge in [-0.3, -0.25) is 0 Å². The van der Waals surface area contributed by atoms with E-state index >= 15 is 0 Å². The molecule has 0 fully saturated rings. The molecule has 0 saturated carbocycles. The Bertz CT molecular complexity index is 446. The third-order valence-electron chi connectivity index (χ3n) is 2.58. The van der Waals surface area contributed by atoms with Crippen LogP contribution in [0.15, 0.2) is 25.2 Å². The summed E-state index contributed by atoms with van der Waals surface area (Å²) in [7, 11) is 0. The van der Waals surface area contributed by atoms with Gasteiger partial charge in [0.2, 0.25) is 0 Å². The number of carbonyl (C=O) groups excluding carboxylic acids is 1. The average Bonchev–Trinajstić information content (AvgIpc) is 2.90. The fourth-order valence-electron chi connectivity index (χ4n) is 1.61. The predicted molar refractivity (Wildman–Crippen MR) is 71.1 cm³/mol. The summed E-state index contributed by atoms with van der Waals surface area (Å²) in [6.07, 6.45) is 4.53. The number of nitrogens with one attached hydrogen (secondary N) is 2. The number of aliphatic carboxylic acids is 1. The Morgan fingerprint density at radius 1 is 1.60 bits per heavy atom. The molecule has 0 radical (unpaired) electrons. The Morgan fingerprint density at radius 3 is 2.85 bits per heavy atom. The number of amides is 2. The number of urea groups is 1. The van der Waals surface area contributed by atoms with Crippen LogP contribution in [-0.4, -0.2) is 62.8 Å². The van der Waals surface area contributed by atoms with Crippen LogP contribution in [0.5, 0.6) is 0 Å². The molecule has 0 spiro atoms. The number of aromatic amines is 1. The third-order valence-corrected chi connectivity index (χ3v) is 2.58. The van der Waals surface area contributed by atoms with Crippen molar-refractivity contribution >= 4 is 12.0 Å². The number of aliphatic hydroxyl groups excluding tert-OH is 1. The third kappa shape index (κ3) is 4.73. The second-order valence-corrected chi connectivity index (χ2v) is 4.08. The molecule has 1 heterocycles. The van der Waals surface area contributed by atoms with Crippen molar-refractivity contribution in [3.05, 3.63) is 30.9 Å². The lowest BCUT2D eigenvalue weighted by atomic mass is 10.1. The molecule has 1 aromatic heterocycles. The highest BCUT2D eigenvalue weighted by molar-refractivity contribution is 5.82. The summed E-state index contributed by atoms with van der Waals surface area (Å²) >= 11 is 0. The molecule has 1 atom stereocenters.